The Labute approximate surface area is 141 Å². The van der Waals surface area contributed by atoms with Gasteiger partial charge in [0.25, 0.3) is 11.6 Å². The number of carbonyl (C=O) groups excluding carboxylic acids is 2. The number of anilines is 1. The lowest BCUT2D eigenvalue weighted by molar-refractivity contribution is -0.385. The number of nitro groups is 1. The second kappa shape index (κ2) is 8.45. The molecule has 0 atom stereocenters. The maximum absolute atomic E-state index is 13.0. The Hall–Kier alpha value is -2.65. The molecule has 0 aliphatic heterocycles. The van der Waals surface area contributed by atoms with Crippen LogP contribution in [-0.2, 0) is 20.5 Å². The van der Waals surface area contributed by atoms with Crippen molar-refractivity contribution in [3.8, 4) is 0 Å². The minimum absolute atomic E-state index is 0.0935. The Morgan fingerprint density at radius 2 is 1.96 bits per heavy atom. The van der Waals surface area contributed by atoms with E-state index in [1.54, 1.807) is 0 Å². The molecule has 0 saturated carbocycles. The number of ether oxygens (including phenoxy) is 1. The van der Waals surface area contributed by atoms with E-state index in [1.165, 1.54) is 0 Å². The Bertz CT molecular complexity index is 659. The summed E-state index contributed by atoms with van der Waals surface area (Å²) in [7, 11) is 0. The molecule has 1 rings (SSSR count). The fourth-order valence-corrected chi connectivity index (χ4v) is 1.80. The number of alkyl halides is 3. The number of halogens is 3. The van der Waals surface area contributed by atoms with Crippen LogP contribution in [0.15, 0.2) is 18.2 Å². The number of non-ortho nitro benzene ring substituents is 1. The van der Waals surface area contributed by atoms with Gasteiger partial charge in [-0.2, -0.15) is 13.2 Å². The van der Waals surface area contributed by atoms with Crippen LogP contribution in [-0.4, -0.2) is 23.4 Å². The number of amides is 1. The molecule has 0 fully saturated rings. The Kier molecular flexibility index (Phi) is 6.89. The SMILES string of the molecule is CC(C)CCC(=O)OCC(=O)Nc1ccc([N+](=O)[O-])cc1C(F)(F)F. The summed E-state index contributed by atoms with van der Waals surface area (Å²) < 4.78 is 43.6. The number of carbonyl (C=O) groups is 2. The lowest BCUT2D eigenvalue weighted by Crippen LogP contribution is -2.23. The molecule has 1 N–H and O–H groups in total. The fraction of sp³-hybridized carbons (Fsp3) is 0.467. The summed E-state index contributed by atoms with van der Waals surface area (Å²) in [5.74, 6) is -1.35. The zero-order valence-corrected chi connectivity index (χ0v) is 13.6. The lowest BCUT2D eigenvalue weighted by atomic mass is 10.1. The number of hydrogen-bond donors (Lipinski definition) is 1. The number of hydrogen-bond acceptors (Lipinski definition) is 5. The zero-order valence-electron chi connectivity index (χ0n) is 13.6. The van der Waals surface area contributed by atoms with E-state index >= 15 is 0 Å². The third kappa shape index (κ3) is 6.77. The molecule has 0 radical (unpaired) electrons. The normalized spacial score (nSPS) is 11.3. The van der Waals surface area contributed by atoms with Gasteiger partial charge in [0.15, 0.2) is 6.61 Å². The van der Waals surface area contributed by atoms with Crippen LogP contribution in [0.25, 0.3) is 0 Å². The molecule has 10 heteroatoms. The number of nitrogens with zero attached hydrogens (tertiary/aromatic N) is 1. The second-order valence-electron chi connectivity index (χ2n) is 5.63. The molecule has 0 unspecified atom stereocenters. The van der Waals surface area contributed by atoms with Crippen molar-refractivity contribution in [1.29, 1.82) is 0 Å². The summed E-state index contributed by atoms with van der Waals surface area (Å²) in [4.78, 5) is 32.7. The van der Waals surface area contributed by atoms with Crippen molar-refractivity contribution < 1.29 is 32.4 Å². The average molecular weight is 362 g/mol. The molecule has 0 bridgehead atoms. The third-order valence-corrected chi connectivity index (χ3v) is 3.08. The highest BCUT2D eigenvalue weighted by Crippen LogP contribution is 2.37. The van der Waals surface area contributed by atoms with E-state index in [-0.39, 0.29) is 12.3 Å². The average Bonchev–Trinajstić information content (AvgIpc) is 2.50. The molecule has 0 saturated heterocycles. The summed E-state index contributed by atoms with van der Waals surface area (Å²) in [6.45, 7) is 3.05. The van der Waals surface area contributed by atoms with Gasteiger partial charge < -0.3 is 10.1 Å². The number of nitro benzene ring substituents is 1. The number of esters is 1. The van der Waals surface area contributed by atoms with Crippen molar-refractivity contribution in [2.45, 2.75) is 32.9 Å². The van der Waals surface area contributed by atoms with E-state index in [0.717, 1.165) is 12.1 Å². The third-order valence-electron chi connectivity index (χ3n) is 3.08. The van der Waals surface area contributed by atoms with Crippen molar-refractivity contribution in [1.82, 2.24) is 0 Å². The van der Waals surface area contributed by atoms with Crippen LogP contribution in [0.3, 0.4) is 0 Å². The molecule has 25 heavy (non-hydrogen) atoms. The Balaban J connectivity index is 2.77. The number of benzene rings is 1. The van der Waals surface area contributed by atoms with Crippen LogP contribution in [0, 0.1) is 16.0 Å². The second-order valence-corrected chi connectivity index (χ2v) is 5.63. The van der Waals surface area contributed by atoms with Crippen LogP contribution in [0.5, 0.6) is 0 Å². The first-order valence-corrected chi connectivity index (χ1v) is 7.31. The van der Waals surface area contributed by atoms with Gasteiger partial charge >= 0.3 is 12.1 Å². The van der Waals surface area contributed by atoms with Gasteiger partial charge in [-0.05, 0) is 18.4 Å². The van der Waals surface area contributed by atoms with Gasteiger partial charge in [0, 0.05) is 18.6 Å². The van der Waals surface area contributed by atoms with E-state index in [1.807, 2.05) is 19.2 Å². The standard InChI is InChI=1S/C15H17F3N2O5/c1-9(2)3-6-14(22)25-8-13(21)19-12-5-4-10(20(23)24)7-11(12)15(16,17)18/h4-5,7,9H,3,6,8H2,1-2H3,(H,19,21). The molecule has 1 amide bonds. The van der Waals surface area contributed by atoms with Crippen molar-refractivity contribution in [2.24, 2.45) is 5.92 Å². The van der Waals surface area contributed by atoms with Gasteiger partial charge in [0.1, 0.15) is 0 Å². The smallest absolute Gasteiger partial charge is 0.418 e. The van der Waals surface area contributed by atoms with E-state index in [2.05, 4.69) is 4.74 Å². The van der Waals surface area contributed by atoms with Crippen molar-refractivity contribution in [3.63, 3.8) is 0 Å². The molecular weight excluding hydrogens is 345 g/mol. The monoisotopic (exact) mass is 362 g/mol. The summed E-state index contributed by atoms with van der Waals surface area (Å²) in [6, 6.07) is 1.93. The molecule has 0 aliphatic carbocycles. The first-order valence-electron chi connectivity index (χ1n) is 7.31. The van der Waals surface area contributed by atoms with E-state index in [4.69, 9.17) is 0 Å². The molecule has 0 aliphatic rings. The molecule has 0 aromatic heterocycles. The lowest BCUT2D eigenvalue weighted by Gasteiger charge is -2.13. The molecule has 1 aromatic carbocycles. The number of rotatable bonds is 7. The van der Waals surface area contributed by atoms with Gasteiger partial charge in [-0.1, -0.05) is 13.8 Å². The van der Waals surface area contributed by atoms with Gasteiger partial charge in [-0.3, -0.25) is 19.7 Å². The summed E-state index contributed by atoms with van der Waals surface area (Å²) in [5, 5.41) is 12.5. The maximum atomic E-state index is 13.0. The molecule has 0 spiro atoms. The topological polar surface area (TPSA) is 98.5 Å². The molecule has 0 heterocycles. The highest BCUT2D eigenvalue weighted by molar-refractivity contribution is 5.93. The molecule has 7 nitrogen and oxygen atoms in total. The summed E-state index contributed by atoms with van der Waals surface area (Å²) in [6.07, 6.45) is -4.25. The van der Waals surface area contributed by atoms with E-state index in [9.17, 15) is 32.9 Å². The molecule has 1 aromatic rings. The van der Waals surface area contributed by atoms with Gasteiger partial charge in [-0.25, -0.2) is 0 Å². The molecular formula is C15H17F3N2O5. The van der Waals surface area contributed by atoms with E-state index in [0.29, 0.717) is 12.5 Å². The maximum Gasteiger partial charge on any atom is 0.418 e. The predicted octanol–water partition coefficient (Wildman–Crippen LogP) is 3.53. The number of nitrogens with one attached hydrogen (secondary N) is 1. The largest absolute Gasteiger partial charge is 0.456 e. The first kappa shape index (κ1) is 20.4. The minimum atomic E-state index is -4.90. The van der Waals surface area contributed by atoms with Crippen LogP contribution in [0.1, 0.15) is 32.3 Å². The summed E-state index contributed by atoms with van der Waals surface area (Å²) in [5.41, 5.74) is -2.77. The van der Waals surface area contributed by atoms with Crippen molar-refractivity contribution in [2.75, 3.05) is 11.9 Å². The highest BCUT2D eigenvalue weighted by Gasteiger charge is 2.35. The minimum Gasteiger partial charge on any atom is -0.456 e. The van der Waals surface area contributed by atoms with Crippen molar-refractivity contribution >= 4 is 23.3 Å². The first-order chi connectivity index (χ1) is 11.5. The molecule has 138 valence electrons. The fourth-order valence-electron chi connectivity index (χ4n) is 1.80. The predicted molar refractivity (Wildman–Crippen MR) is 81.8 cm³/mol. The Morgan fingerprint density at radius 1 is 1.32 bits per heavy atom. The van der Waals surface area contributed by atoms with Crippen LogP contribution < -0.4 is 5.32 Å². The quantitative estimate of drug-likeness (QED) is 0.454. The summed E-state index contributed by atoms with van der Waals surface area (Å²) >= 11 is 0. The highest BCUT2D eigenvalue weighted by atomic mass is 19.4. The van der Waals surface area contributed by atoms with Gasteiger partial charge in [0.05, 0.1) is 16.2 Å². The Morgan fingerprint density at radius 3 is 2.48 bits per heavy atom. The van der Waals surface area contributed by atoms with Crippen LogP contribution in [0.4, 0.5) is 24.5 Å². The van der Waals surface area contributed by atoms with Gasteiger partial charge in [0.2, 0.25) is 0 Å². The van der Waals surface area contributed by atoms with Crippen molar-refractivity contribution in [3.05, 3.63) is 33.9 Å². The van der Waals surface area contributed by atoms with Crippen LogP contribution in [0.2, 0.25) is 0 Å². The van der Waals surface area contributed by atoms with Gasteiger partial charge in [-0.15, -0.1) is 0 Å². The van der Waals surface area contributed by atoms with Crippen LogP contribution >= 0.6 is 0 Å². The van der Waals surface area contributed by atoms with E-state index < -0.39 is 46.5 Å². The zero-order chi connectivity index (χ0) is 19.2.